The molecule has 0 N–H and O–H groups in total. The van der Waals surface area contributed by atoms with Gasteiger partial charge in [0.25, 0.3) is 0 Å². The first-order valence-electron chi connectivity index (χ1n) is 18.6. The van der Waals surface area contributed by atoms with E-state index in [4.69, 9.17) is 0 Å². The summed E-state index contributed by atoms with van der Waals surface area (Å²) in [6.07, 6.45) is 0. The Balaban J connectivity index is 1.00. The number of para-hydroxylation sites is 4. The maximum absolute atomic E-state index is 2.42. The van der Waals surface area contributed by atoms with Gasteiger partial charge in [-0.3, -0.25) is 0 Å². The molecule has 252 valence electrons. The first-order valence-corrected chi connectivity index (χ1v) is 18.6. The lowest BCUT2D eigenvalue weighted by Crippen LogP contribution is -2.09. The molecule has 2 nitrogen and oxygen atoms in total. The van der Waals surface area contributed by atoms with Gasteiger partial charge in [0.05, 0.1) is 11.0 Å². The summed E-state index contributed by atoms with van der Waals surface area (Å²) in [5, 5.41) is 10.4. The van der Waals surface area contributed by atoms with Crippen LogP contribution in [0, 0.1) is 0 Å². The summed E-state index contributed by atoms with van der Waals surface area (Å²) in [7, 11) is 0. The lowest BCUT2D eigenvalue weighted by atomic mass is 9.88. The van der Waals surface area contributed by atoms with Crippen molar-refractivity contribution in [1.29, 1.82) is 0 Å². The Bertz CT molecular complexity index is 3070. The summed E-state index contributed by atoms with van der Waals surface area (Å²) >= 11 is 0. The highest BCUT2D eigenvalue weighted by atomic mass is 15.1. The smallest absolute Gasteiger partial charge is 0.0553 e. The molecule has 0 saturated carbocycles. The van der Waals surface area contributed by atoms with E-state index in [0.29, 0.717) is 0 Å². The van der Waals surface area contributed by atoms with Crippen molar-refractivity contribution in [2.75, 3.05) is 4.90 Å². The molecule has 0 bridgehead atoms. The fourth-order valence-electron chi connectivity index (χ4n) is 8.68. The van der Waals surface area contributed by atoms with Crippen LogP contribution in [0.3, 0.4) is 0 Å². The lowest BCUT2D eigenvalue weighted by molar-refractivity contribution is 1.18. The van der Waals surface area contributed by atoms with Crippen molar-refractivity contribution in [2.45, 2.75) is 0 Å². The van der Waals surface area contributed by atoms with Crippen LogP contribution in [0.25, 0.3) is 82.1 Å². The number of benzene rings is 10. The van der Waals surface area contributed by atoms with E-state index in [-0.39, 0.29) is 0 Å². The van der Waals surface area contributed by atoms with Crippen LogP contribution in [0.15, 0.2) is 206 Å². The molecule has 0 aliphatic rings. The van der Waals surface area contributed by atoms with Crippen molar-refractivity contribution < 1.29 is 0 Å². The van der Waals surface area contributed by atoms with Gasteiger partial charge in [-0.1, -0.05) is 146 Å². The molecule has 0 aliphatic carbocycles. The van der Waals surface area contributed by atoms with Gasteiger partial charge in [0.1, 0.15) is 0 Å². The van der Waals surface area contributed by atoms with E-state index in [9.17, 15) is 0 Å². The number of nitrogens with zero attached hydrogens (tertiary/aromatic N) is 2. The summed E-state index contributed by atoms with van der Waals surface area (Å²) in [5.74, 6) is 0. The number of hydrogen-bond acceptors (Lipinski definition) is 1. The lowest BCUT2D eigenvalue weighted by Gasteiger charge is -2.25. The van der Waals surface area contributed by atoms with E-state index < -0.39 is 0 Å². The summed E-state index contributed by atoms with van der Waals surface area (Å²) in [6.45, 7) is 0. The fourth-order valence-corrected chi connectivity index (χ4v) is 8.68. The zero-order valence-electron chi connectivity index (χ0n) is 29.5. The number of rotatable bonds is 6. The Kier molecular flexibility index (Phi) is 6.90. The molecule has 0 aliphatic heterocycles. The third-order valence-corrected chi connectivity index (χ3v) is 11.1. The van der Waals surface area contributed by atoms with Crippen molar-refractivity contribution in [3.05, 3.63) is 206 Å². The van der Waals surface area contributed by atoms with E-state index in [1.54, 1.807) is 0 Å². The van der Waals surface area contributed by atoms with Gasteiger partial charge in [0.15, 0.2) is 0 Å². The number of aromatic nitrogens is 1. The van der Waals surface area contributed by atoms with Crippen LogP contribution in [-0.4, -0.2) is 4.57 Å². The van der Waals surface area contributed by atoms with Gasteiger partial charge in [0.2, 0.25) is 0 Å². The van der Waals surface area contributed by atoms with E-state index in [1.807, 2.05) is 0 Å². The molecule has 0 fully saturated rings. The molecule has 1 heterocycles. The largest absolute Gasteiger partial charge is 0.311 e. The number of anilines is 3. The highest BCUT2D eigenvalue weighted by Gasteiger charge is 2.20. The Labute approximate surface area is 313 Å². The maximum atomic E-state index is 2.42. The van der Waals surface area contributed by atoms with E-state index in [2.05, 4.69) is 216 Å². The molecule has 11 aromatic rings. The van der Waals surface area contributed by atoms with Crippen LogP contribution in [-0.2, 0) is 0 Å². The van der Waals surface area contributed by atoms with Crippen molar-refractivity contribution in [2.24, 2.45) is 0 Å². The van der Waals surface area contributed by atoms with Gasteiger partial charge in [-0.25, -0.2) is 0 Å². The van der Waals surface area contributed by atoms with Crippen LogP contribution < -0.4 is 4.90 Å². The maximum Gasteiger partial charge on any atom is 0.0553 e. The van der Waals surface area contributed by atoms with Gasteiger partial charge in [-0.05, 0) is 115 Å². The van der Waals surface area contributed by atoms with Crippen molar-refractivity contribution in [3.63, 3.8) is 0 Å². The minimum atomic E-state index is 1.13. The number of hydrogen-bond donors (Lipinski definition) is 0. The van der Waals surface area contributed by atoms with Gasteiger partial charge >= 0.3 is 0 Å². The SMILES string of the molecule is c1ccc(N(c2ccccc2)c2ccc(-c3ccc(-c4ccc5ccc6cc7c(c8ccc4c5c68)c4ccccc4n7-c4ccccc4)cc3)cc2)cc1. The molecule has 0 radical (unpaired) electrons. The Morgan fingerprint density at radius 3 is 1.54 bits per heavy atom. The van der Waals surface area contributed by atoms with Crippen LogP contribution in [0.1, 0.15) is 0 Å². The quantitative estimate of drug-likeness (QED) is 0.158. The summed E-state index contributed by atoms with van der Waals surface area (Å²) in [6, 6.07) is 75.0. The predicted molar refractivity (Wildman–Crippen MR) is 230 cm³/mol. The third kappa shape index (κ3) is 4.74. The normalized spacial score (nSPS) is 11.7. The second-order valence-corrected chi connectivity index (χ2v) is 14.1. The van der Waals surface area contributed by atoms with Gasteiger partial charge in [0, 0.05) is 33.5 Å². The zero-order valence-corrected chi connectivity index (χ0v) is 29.5. The first kappa shape index (κ1) is 30.5. The molecule has 0 saturated heterocycles. The molecule has 11 rings (SSSR count). The summed E-state index contributed by atoms with van der Waals surface area (Å²) in [4.78, 5) is 2.30. The topological polar surface area (TPSA) is 8.17 Å². The van der Waals surface area contributed by atoms with E-state index in [0.717, 1.165) is 17.1 Å². The Morgan fingerprint density at radius 2 is 0.833 bits per heavy atom. The number of fused-ring (bicyclic) bond motifs is 4. The standard InChI is InChI=1S/C52H34N2/c1-4-12-40(13-5-1)53(41-14-6-2-7-15-41)43-29-26-36(27-30-43)35-20-22-37(23-21-35)44-31-28-38-24-25-39-34-49-52(47-33-32-45(44)50(38)51(39)47)46-18-10-11-19-48(46)54(49)42-16-8-3-9-17-42/h1-34H. The molecule has 2 heteroatoms. The summed E-state index contributed by atoms with van der Waals surface area (Å²) in [5.41, 5.74) is 11.9. The minimum absolute atomic E-state index is 1.13. The molecule has 10 aromatic carbocycles. The highest BCUT2D eigenvalue weighted by molar-refractivity contribution is 6.34. The van der Waals surface area contributed by atoms with Crippen molar-refractivity contribution in [1.82, 2.24) is 4.57 Å². The summed E-state index contributed by atoms with van der Waals surface area (Å²) < 4.78 is 2.42. The molecule has 0 unspecified atom stereocenters. The average Bonchev–Trinajstić information content (AvgIpc) is 3.58. The van der Waals surface area contributed by atoms with Crippen molar-refractivity contribution >= 4 is 71.2 Å². The monoisotopic (exact) mass is 686 g/mol. The van der Waals surface area contributed by atoms with E-state index in [1.165, 1.54) is 82.1 Å². The molecule has 0 spiro atoms. The minimum Gasteiger partial charge on any atom is -0.311 e. The highest BCUT2D eigenvalue weighted by Crippen LogP contribution is 2.45. The molecule has 54 heavy (non-hydrogen) atoms. The third-order valence-electron chi connectivity index (χ3n) is 11.1. The first-order chi connectivity index (χ1) is 26.8. The predicted octanol–water partition coefficient (Wildman–Crippen LogP) is 14.5. The van der Waals surface area contributed by atoms with Crippen LogP contribution in [0.5, 0.6) is 0 Å². The molecular weight excluding hydrogens is 653 g/mol. The van der Waals surface area contributed by atoms with Crippen LogP contribution in [0.2, 0.25) is 0 Å². The zero-order chi connectivity index (χ0) is 35.6. The van der Waals surface area contributed by atoms with Gasteiger partial charge in [-0.2, -0.15) is 0 Å². The van der Waals surface area contributed by atoms with E-state index >= 15 is 0 Å². The average molecular weight is 687 g/mol. The second-order valence-electron chi connectivity index (χ2n) is 14.1. The molecule has 0 amide bonds. The molecule has 0 atom stereocenters. The Hall–Kier alpha value is -7.16. The van der Waals surface area contributed by atoms with Gasteiger partial charge in [-0.15, -0.1) is 0 Å². The van der Waals surface area contributed by atoms with Gasteiger partial charge < -0.3 is 9.47 Å². The molecule has 1 aromatic heterocycles. The molecular formula is C52H34N2. The second kappa shape index (κ2) is 12.2. The van der Waals surface area contributed by atoms with Crippen molar-refractivity contribution in [3.8, 4) is 27.9 Å². The Morgan fingerprint density at radius 1 is 0.315 bits per heavy atom. The van der Waals surface area contributed by atoms with Crippen LogP contribution in [0.4, 0.5) is 17.1 Å². The fraction of sp³-hybridized carbons (Fsp3) is 0. The van der Waals surface area contributed by atoms with Crippen LogP contribution >= 0.6 is 0 Å².